The first-order valence-corrected chi connectivity index (χ1v) is 6.79. The van der Waals surface area contributed by atoms with Gasteiger partial charge in [-0.1, -0.05) is 6.07 Å². The van der Waals surface area contributed by atoms with Crippen LogP contribution in [0, 0.1) is 12.7 Å². The topological polar surface area (TPSA) is 69.6 Å². The van der Waals surface area contributed by atoms with E-state index < -0.39 is 23.9 Å². The first-order valence-electron chi connectivity index (χ1n) is 5.63. The number of benzene rings is 1. The third-order valence-corrected chi connectivity index (χ3v) is 3.86. The van der Waals surface area contributed by atoms with E-state index in [2.05, 4.69) is 5.32 Å². The van der Waals surface area contributed by atoms with Crippen LogP contribution in [0.1, 0.15) is 5.56 Å². The van der Waals surface area contributed by atoms with Crippen LogP contribution in [-0.4, -0.2) is 39.7 Å². The summed E-state index contributed by atoms with van der Waals surface area (Å²) in [6, 6.07) is 2.99. The number of thioether (sulfide) groups is 1. The number of carbonyl (C=O) groups is 2. The summed E-state index contributed by atoms with van der Waals surface area (Å²) in [6.07, 6.45) is 0. The molecule has 0 unspecified atom stereocenters. The van der Waals surface area contributed by atoms with Crippen LogP contribution in [0.15, 0.2) is 18.2 Å². The number of aliphatic carboxylic acids is 1. The molecule has 1 aliphatic rings. The molecule has 2 amide bonds. The zero-order valence-corrected chi connectivity index (χ0v) is 11.0. The minimum absolute atomic E-state index is 0.314. The number of nitrogens with one attached hydrogen (secondary N) is 1. The van der Waals surface area contributed by atoms with Crippen molar-refractivity contribution in [1.29, 1.82) is 0 Å². The quantitative estimate of drug-likeness (QED) is 0.873. The van der Waals surface area contributed by atoms with Crippen molar-refractivity contribution in [2.75, 3.05) is 16.9 Å². The fourth-order valence-corrected chi connectivity index (χ4v) is 2.86. The molecule has 0 radical (unpaired) electrons. The normalized spacial score (nSPS) is 18.4. The molecule has 0 aliphatic carbocycles. The fraction of sp³-hybridized carbons (Fsp3) is 0.333. The Morgan fingerprint density at radius 2 is 2.26 bits per heavy atom. The van der Waals surface area contributed by atoms with E-state index in [-0.39, 0.29) is 0 Å². The average Bonchev–Trinajstić information content (AvgIpc) is 2.83. The Labute approximate surface area is 113 Å². The summed E-state index contributed by atoms with van der Waals surface area (Å²) in [5.74, 6) is -0.763. The number of carboxylic acids is 1. The lowest BCUT2D eigenvalue weighted by atomic mass is 10.2. The minimum Gasteiger partial charge on any atom is -0.480 e. The van der Waals surface area contributed by atoms with Gasteiger partial charge in [-0.3, -0.25) is 0 Å². The highest BCUT2D eigenvalue weighted by atomic mass is 32.2. The molecule has 1 saturated heterocycles. The van der Waals surface area contributed by atoms with Gasteiger partial charge in [-0.25, -0.2) is 14.0 Å². The molecule has 2 N–H and O–H groups in total. The number of hydrogen-bond donors (Lipinski definition) is 2. The van der Waals surface area contributed by atoms with E-state index in [9.17, 15) is 14.0 Å². The number of urea groups is 1. The van der Waals surface area contributed by atoms with Gasteiger partial charge in [0.2, 0.25) is 0 Å². The number of halogens is 1. The van der Waals surface area contributed by atoms with Crippen molar-refractivity contribution in [2.24, 2.45) is 0 Å². The molecule has 0 bridgehead atoms. The van der Waals surface area contributed by atoms with Crippen LogP contribution in [0.3, 0.4) is 0 Å². The van der Waals surface area contributed by atoms with Crippen LogP contribution >= 0.6 is 11.8 Å². The SMILES string of the molecule is Cc1ccc(NC(=O)N2CSC[C@H]2C(=O)O)cc1F. The zero-order valence-electron chi connectivity index (χ0n) is 10.2. The van der Waals surface area contributed by atoms with Gasteiger partial charge in [0.25, 0.3) is 0 Å². The molecule has 2 rings (SSSR count). The summed E-state index contributed by atoms with van der Waals surface area (Å²) >= 11 is 1.37. The molecule has 0 spiro atoms. The number of aryl methyl sites for hydroxylation is 1. The van der Waals surface area contributed by atoms with Gasteiger partial charge < -0.3 is 15.3 Å². The van der Waals surface area contributed by atoms with Crippen molar-refractivity contribution in [3.05, 3.63) is 29.6 Å². The van der Waals surface area contributed by atoms with E-state index in [4.69, 9.17) is 5.11 Å². The maximum absolute atomic E-state index is 13.3. The van der Waals surface area contributed by atoms with Gasteiger partial charge in [-0.05, 0) is 24.6 Å². The largest absolute Gasteiger partial charge is 0.480 e. The van der Waals surface area contributed by atoms with Gasteiger partial charge in [0, 0.05) is 11.4 Å². The molecule has 5 nitrogen and oxygen atoms in total. The van der Waals surface area contributed by atoms with Crippen molar-refractivity contribution in [3.8, 4) is 0 Å². The van der Waals surface area contributed by atoms with E-state index in [1.807, 2.05) is 0 Å². The second-order valence-electron chi connectivity index (χ2n) is 4.22. The third-order valence-electron chi connectivity index (χ3n) is 2.85. The number of anilines is 1. The first kappa shape index (κ1) is 13.7. The standard InChI is InChI=1S/C12H13FN2O3S/c1-7-2-3-8(4-9(7)13)14-12(18)15-6-19-5-10(15)11(16)17/h2-4,10H,5-6H2,1H3,(H,14,18)(H,16,17)/t10-/m0/s1. The molecule has 102 valence electrons. The van der Waals surface area contributed by atoms with Crippen LogP contribution in [0.25, 0.3) is 0 Å². The smallest absolute Gasteiger partial charge is 0.327 e. The summed E-state index contributed by atoms with van der Waals surface area (Å²) in [5.41, 5.74) is 0.798. The Morgan fingerprint density at radius 3 is 2.89 bits per heavy atom. The van der Waals surface area contributed by atoms with Crippen molar-refractivity contribution in [2.45, 2.75) is 13.0 Å². The third kappa shape index (κ3) is 2.98. The van der Waals surface area contributed by atoms with E-state index >= 15 is 0 Å². The van der Waals surface area contributed by atoms with Crippen LogP contribution in [0.2, 0.25) is 0 Å². The van der Waals surface area contributed by atoms with E-state index in [1.54, 1.807) is 19.1 Å². The summed E-state index contributed by atoms with van der Waals surface area (Å²) in [6.45, 7) is 1.62. The number of hydrogen-bond acceptors (Lipinski definition) is 3. The lowest BCUT2D eigenvalue weighted by molar-refractivity contribution is -0.140. The van der Waals surface area contributed by atoms with Crippen molar-refractivity contribution in [1.82, 2.24) is 4.90 Å². The molecule has 1 aliphatic heterocycles. The summed E-state index contributed by atoms with van der Waals surface area (Å²) in [5, 5.41) is 11.5. The number of nitrogens with zero attached hydrogens (tertiary/aromatic N) is 1. The molecule has 0 saturated carbocycles. The second kappa shape index (κ2) is 5.48. The van der Waals surface area contributed by atoms with Gasteiger partial charge in [0.05, 0.1) is 5.88 Å². The Balaban J connectivity index is 2.08. The minimum atomic E-state index is -1.03. The van der Waals surface area contributed by atoms with Gasteiger partial charge in [0.15, 0.2) is 0 Å². The van der Waals surface area contributed by atoms with E-state index in [1.165, 1.54) is 22.7 Å². The summed E-state index contributed by atoms with van der Waals surface area (Å²) in [4.78, 5) is 24.1. The van der Waals surface area contributed by atoms with Gasteiger partial charge in [-0.15, -0.1) is 11.8 Å². The molecule has 1 fully saturated rings. The molecule has 1 aromatic carbocycles. The van der Waals surface area contributed by atoms with Crippen LogP contribution in [0.5, 0.6) is 0 Å². The van der Waals surface area contributed by atoms with Crippen LogP contribution in [-0.2, 0) is 4.79 Å². The molecule has 1 heterocycles. The average molecular weight is 284 g/mol. The van der Waals surface area contributed by atoms with Crippen LogP contribution < -0.4 is 5.32 Å². The first-order chi connectivity index (χ1) is 8.99. The lowest BCUT2D eigenvalue weighted by Gasteiger charge is -2.20. The van der Waals surface area contributed by atoms with Crippen molar-refractivity contribution in [3.63, 3.8) is 0 Å². The molecule has 7 heteroatoms. The maximum Gasteiger partial charge on any atom is 0.327 e. The highest BCUT2D eigenvalue weighted by molar-refractivity contribution is 7.99. The number of rotatable bonds is 2. The maximum atomic E-state index is 13.3. The van der Waals surface area contributed by atoms with Gasteiger partial charge in [-0.2, -0.15) is 0 Å². The Hall–Kier alpha value is -1.76. The second-order valence-corrected chi connectivity index (χ2v) is 5.22. The molecule has 19 heavy (non-hydrogen) atoms. The van der Waals surface area contributed by atoms with Crippen molar-refractivity contribution >= 4 is 29.4 Å². The van der Waals surface area contributed by atoms with Gasteiger partial charge in [0.1, 0.15) is 11.9 Å². The number of carbonyl (C=O) groups excluding carboxylic acids is 1. The molecule has 0 aromatic heterocycles. The molecule has 1 atom stereocenters. The monoisotopic (exact) mass is 284 g/mol. The number of amides is 2. The van der Waals surface area contributed by atoms with E-state index in [0.29, 0.717) is 22.9 Å². The predicted molar refractivity (Wildman–Crippen MR) is 70.7 cm³/mol. The number of carboxylic acid groups (broad SMARTS) is 1. The molecular formula is C12H13FN2O3S. The lowest BCUT2D eigenvalue weighted by Crippen LogP contribution is -2.43. The highest BCUT2D eigenvalue weighted by Crippen LogP contribution is 2.22. The zero-order chi connectivity index (χ0) is 14.0. The van der Waals surface area contributed by atoms with Crippen molar-refractivity contribution < 1.29 is 19.1 Å². The summed E-state index contributed by atoms with van der Waals surface area (Å²) < 4.78 is 13.3. The Morgan fingerprint density at radius 1 is 1.53 bits per heavy atom. The van der Waals surface area contributed by atoms with E-state index in [0.717, 1.165) is 0 Å². The Bertz CT molecular complexity index is 524. The summed E-state index contributed by atoms with van der Waals surface area (Å²) in [7, 11) is 0. The molecule has 1 aromatic rings. The predicted octanol–water partition coefficient (Wildman–Crippen LogP) is 2.13. The van der Waals surface area contributed by atoms with Gasteiger partial charge >= 0.3 is 12.0 Å². The highest BCUT2D eigenvalue weighted by Gasteiger charge is 2.34. The molecular weight excluding hydrogens is 271 g/mol. The fourth-order valence-electron chi connectivity index (χ4n) is 1.71. The Kier molecular flexibility index (Phi) is 3.94. The van der Waals surface area contributed by atoms with Crippen LogP contribution in [0.4, 0.5) is 14.9 Å².